The fourth-order valence-corrected chi connectivity index (χ4v) is 6.36. The van der Waals surface area contributed by atoms with E-state index in [4.69, 9.17) is 4.74 Å². The zero-order chi connectivity index (χ0) is 21.6. The highest BCUT2D eigenvalue weighted by Crippen LogP contribution is 2.47. The first-order chi connectivity index (χ1) is 14.9. The molecule has 0 amide bonds. The van der Waals surface area contributed by atoms with Gasteiger partial charge in [0.25, 0.3) is 0 Å². The molecule has 2 aliphatic heterocycles. The van der Waals surface area contributed by atoms with Gasteiger partial charge in [-0.05, 0) is 99.0 Å². The van der Waals surface area contributed by atoms with E-state index in [0.717, 1.165) is 67.3 Å². The number of nitrogens with one attached hydrogen (secondary N) is 1. The van der Waals surface area contributed by atoms with Gasteiger partial charge in [0, 0.05) is 36.4 Å². The molecule has 170 valence electrons. The van der Waals surface area contributed by atoms with Crippen LogP contribution in [0.1, 0.15) is 61.8 Å². The normalized spacial score (nSPS) is 27.9. The maximum absolute atomic E-state index is 13.3. The minimum atomic E-state index is -4.30. The third-order valence-corrected chi connectivity index (χ3v) is 8.13. The number of benzene rings is 1. The highest BCUT2D eigenvalue weighted by atomic mass is 19.4. The Balaban J connectivity index is 1.29. The van der Waals surface area contributed by atoms with Crippen molar-refractivity contribution in [2.24, 2.45) is 17.8 Å². The first kappa shape index (κ1) is 21.3. The SMILES string of the molecule is CC1c2c([nH]c3ccc(C(F)(F)F)cc23)C[C@@H]2CCN(CCCC3CCOCC3)CC12. The fraction of sp³-hybridized carbons (Fsp3) is 0.680. The number of alkyl halides is 3. The molecule has 2 fully saturated rings. The molecule has 3 atom stereocenters. The summed E-state index contributed by atoms with van der Waals surface area (Å²) in [6.45, 7) is 7.43. The number of H-pyrrole nitrogens is 1. The van der Waals surface area contributed by atoms with Gasteiger partial charge in [-0.2, -0.15) is 13.2 Å². The van der Waals surface area contributed by atoms with Gasteiger partial charge in [0.05, 0.1) is 5.56 Å². The number of likely N-dealkylation sites (tertiary alicyclic amines) is 1. The van der Waals surface area contributed by atoms with Gasteiger partial charge in [0.1, 0.15) is 0 Å². The van der Waals surface area contributed by atoms with Crippen LogP contribution in [0.2, 0.25) is 0 Å². The summed E-state index contributed by atoms with van der Waals surface area (Å²) in [5.41, 5.74) is 2.59. The van der Waals surface area contributed by atoms with Crippen LogP contribution in [-0.2, 0) is 17.3 Å². The number of halogens is 3. The third-order valence-electron chi connectivity index (χ3n) is 8.13. The van der Waals surface area contributed by atoms with E-state index in [1.165, 1.54) is 44.2 Å². The van der Waals surface area contributed by atoms with E-state index in [9.17, 15) is 13.2 Å². The Morgan fingerprint density at radius 2 is 1.97 bits per heavy atom. The molecule has 2 aromatic rings. The molecular weight excluding hydrogens is 401 g/mol. The van der Waals surface area contributed by atoms with Crippen molar-refractivity contribution in [1.82, 2.24) is 9.88 Å². The molecule has 1 N–H and O–H groups in total. The van der Waals surface area contributed by atoms with Gasteiger partial charge < -0.3 is 14.6 Å². The van der Waals surface area contributed by atoms with Crippen molar-refractivity contribution in [1.29, 1.82) is 0 Å². The van der Waals surface area contributed by atoms with Crippen molar-refractivity contribution in [3.05, 3.63) is 35.0 Å². The predicted octanol–water partition coefficient (Wildman–Crippen LogP) is 5.99. The number of nitrogens with zero attached hydrogens (tertiary/aromatic N) is 1. The Kier molecular flexibility index (Phi) is 5.80. The van der Waals surface area contributed by atoms with E-state index in [1.807, 2.05) is 0 Å². The lowest BCUT2D eigenvalue weighted by Gasteiger charge is -2.44. The first-order valence-corrected chi connectivity index (χ1v) is 11.9. The molecule has 3 nitrogen and oxygen atoms in total. The summed E-state index contributed by atoms with van der Waals surface area (Å²) in [5, 5.41) is 0.771. The topological polar surface area (TPSA) is 28.3 Å². The van der Waals surface area contributed by atoms with Crippen LogP contribution in [0.3, 0.4) is 0 Å². The standard InChI is InChI=1S/C25H33F3N2O/c1-16-21-15-30(9-2-3-17-7-11-31-12-8-17)10-6-18(21)13-23-24(16)20-14-19(25(26,27)28)4-5-22(20)29-23/h4-5,14,16-18,21,29H,2-3,6-13,15H2,1H3/t16?,18-,21?/m0/s1. The van der Waals surface area contributed by atoms with E-state index in [-0.39, 0.29) is 5.92 Å². The third kappa shape index (κ3) is 4.25. The molecule has 0 bridgehead atoms. The maximum atomic E-state index is 13.3. The number of piperidine rings is 1. The summed E-state index contributed by atoms with van der Waals surface area (Å²) in [5.74, 6) is 2.25. The average molecular weight is 435 g/mol. The molecule has 3 aliphatic rings. The second kappa shape index (κ2) is 8.43. The first-order valence-electron chi connectivity index (χ1n) is 11.9. The van der Waals surface area contributed by atoms with Crippen molar-refractivity contribution in [2.75, 3.05) is 32.8 Å². The second-order valence-corrected chi connectivity index (χ2v) is 9.98. The van der Waals surface area contributed by atoms with Crippen LogP contribution in [0, 0.1) is 17.8 Å². The Morgan fingerprint density at radius 1 is 1.16 bits per heavy atom. The molecule has 2 saturated heterocycles. The molecule has 6 heteroatoms. The maximum Gasteiger partial charge on any atom is 0.416 e. The molecule has 31 heavy (non-hydrogen) atoms. The summed E-state index contributed by atoms with van der Waals surface area (Å²) in [4.78, 5) is 6.06. The second-order valence-electron chi connectivity index (χ2n) is 9.98. The summed E-state index contributed by atoms with van der Waals surface area (Å²) < 4.78 is 45.4. The Hall–Kier alpha value is -1.53. The van der Waals surface area contributed by atoms with Crippen molar-refractivity contribution >= 4 is 10.9 Å². The molecule has 3 heterocycles. The van der Waals surface area contributed by atoms with Gasteiger partial charge in [-0.15, -0.1) is 0 Å². The smallest absolute Gasteiger partial charge is 0.381 e. The Morgan fingerprint density at radius 3 is 2.74 bits per heavy atom. The summed E-state index contributed by atoms with van der Waals surface area (Å²) in [6.07, 6.45) is 2.78. The Bertz CT molecular complexity index is 915. The van der Waals surface area contributed by atoms with Gasteiger partial charge in [-0.3, -0.25) is 0 Å². The van der Waals surface area contributed by atoms with Crippen molar-refractivity contribution < 1.29 is 17.9 Å². The van der Waals surface area contributed by atoms with E-state index < -0.39 is 11.7 Å². The van der Waals surface area contributed by atoms with Crippen LogP contribution < -0.4 is 0 Å². The van der Waals surface area contributed by atoms with Crippen LogP contribution in [-0.4, -0.2) is 42.7 Å². The largest absolute Gasteiger partial charge is 0.416 e. The zero-order valence-corrected chi connectivity index (χ0v) is 18.3. The minimum absolute atomic E-state index is 0.282. The monoisotopic (exact) mass is 434 g/mol. The molecule has 5 rings (SSSR count). The molecule has 1 aromatic carbocycles. The predicted molar refractivity (Wildman–Crippen MR) is 116 cm³/mol. The minimum Gasteiger partial charge on any atom is -0.381 e. The lowest BCUT2D eigenvalue weighted by Crippen LogP contribution is -2.45. The van der Waals surface area contributed by atoms with Crippen molar-refractivity contribution in [2.45, 2.75) is 57.5 Å². The number of aromatic nitrogens is 1. The van der Waals surface area contributed by atoms with E-state index in [2.05, 4.69) is 16.8 Å². The number of aromatic amines is 1. The molecule has 0 saturated carbocycles. The summed E-state index contributed by atoms with van der Waals surface area (Å²) in [6, 6.07) is 4.16. The van der Waals surface area contributed by atoms with Gasteiger partial charge >= 0.3 is 6.18 Å². The number of fused-ring (bicyclic) bond motifs is 4. The average Bonchev–Trinajstić information content (AvgIpc) is 3.12. The van der Waals surface area contributed by atoms with Crippen LogP contribution in [0.5, 0.6) is 0 Å². The number of ether oxygens (including phenoxy) is 1. The van der Waals surface area contributed by atoms with Crippen LogP contribution in [0.25, 0.3) is 10.9 Å². The van der Waals surface area contributed by atoms with Gasteiger partial charge in [0.2, 0.25) is 0 Å². The number of hydrogen-bond donors (Lipinski definition) is 1. The molecular formula is C25H33F3N2O. The highest BCUT2D eigenvalue weighted by Gasteiger charge is 2.40. The number of rotatable bonds is 4. The van der Waals surface area contributed by atoms with E-state index >= 15 is 0 Å². The highest BCUT2D eigenvalue weighted by molar-refractivity contribution is 5.86. The molecule has 1 aliphatic carbocycles. The van der Waals surface area contributed by atoms with E-state index in [0.29, 0.717) is 11.8 Å². The lowest BCUT2D eigenvalue weighted by atomic mass is 9.68. The Labute approximate surface area is 182 Å². The van der Waals surface area contributed by atoms with Crippen molar-refractivity contribution in [3.63, 3.8) is 0 Å². The van der Waals surface area contributed by atoms with Crippen LogP contribution >= 0.6 is 0 Å². The quantitative estimate of drug-likeness (QED) is 0.640. The molecule has 0 spiro atoms. The number of hydrogen-bond acceptors (Lipinski definition) is 2. The van der Waals surface area contributed by atoms with Crippen molar-refractivity contribution in [3.8, 4) is 0 Å². The van der Waals surface area contributed by atoms with Gasteiger partial charge in [0.15, 0.2) is 0 Å². The van der Waals surface area contributed by atoms with Crippen LogP contribution in [0.4, 0.5) is 13.2 Å². The van der Waals surface area contributed by atoms with Gasteiger partial charge in [-0.1, -0.05) is 6.92 Å². The summed E-state index contributed by atoms with van der Waals surface area (Å²) in [7, 11) is 0. The lowest BCUT2D eigenvalue weighted by molar-refractivity contribution is -0.137. The van der Waals surface area contributed by atoms with Crippen LogP contribution in [0.15, 0.2) is 18.2 Å². The molecule has 1 aromatic heterocycles. The zero-order valence-electron chi connectivity index (χ0n) is 18.3. The molecule has 0 radical (unpaired) electrons. The molecule has 2 unspecified atom stereocenters. The van der Waals surface area contributed by atoms with E-state index in [1.54, 1.807) is 6.07 Å². The fourth-order valence-electron chi connectivity index (χ4n) is 6.36. The van der Waals surface area contributed by atoms with Gasteiger partial charge in [-0.25, -0.2) is 0 Å². The summed E-state index contributed by atoms with van der Waals surface area (Å²) >= 11 is 0.